The van der Waals surface area contributed by atoms with Crippen LogP contribution in [0.3, 0.4) is 0 Å². The number of hydrogen-bond donors (Lipinski definition) is 2. The summed E-state index contributed by atoms with van der Waals surface area (Å²) in [5.41, 5.74) is 2.34. The number of carbonyl (C=O) groups is 1. The highest BCUT2D eigenvalue weighted by molar-refractivity contribution is 5.94. The second-order valence-electron chi connectivity index (χ2n) is 7.68. The summed E-state index contributed by atoms with van der Waals surface area (Å²) in [4.78, 5) is 12.1. The normalized spacial score (nSPS) is 24.2. The van der Waals surface area contributed by atoms with Gasteiger partial charge in [0.25, 0.3) is 5.91 Å². The number of nitrogens with one attached hydrogen (secondary N) is 2. The lowest BCUT2D eigenvalue weighted by Crippen LogP contribution is -2.31. The van der Waals surface area contributed by atoms with Gasteiger partial charge < -0.3 is 10.6 Å². The lowest BCUT2D eigenvalue weighted by Gasteiger charge is -2.38. The average Bonchev–Trinajstić information content (AvgIpc) is 2.60. The van der Waals surface area contributed by atoms with Crippen LogP contribution in [0.4, 0.5) is 0 Å². The molecule has 2 rings (SSSR count). The molecular weight excluding hydrogens is 308 g/mol. The highest BCUT2D eigenvalue weighted by atomic mass is 16.1. The number of benzene rings is 1. The maximum Gasteiger partial charge on any atom is 0.251 e. The van der Waals surface area contributed by atoms with E-state index in [0.29, 0.717) is 12.5 Å². The number of allylic oxidation sites excluding steroid dienone is 1. The Morgan fingerprint density at radius 3 is 2.60 bits per heavy atom. The molecule has 25 heavy (non-hydrogen) atoms. The molecule has 0 aromatic heterocycles. The molecule has 0 radical (unpaired) electrons. The molecule has 3 heteroatoms. The summed E-state index contributed by atoms with van der Waals surface area (Å²) >= 11 is 0. The van der Waals surface area contributed by atoms with Gasteiger partial charge in [0, 0.05) is 18.7 Å². The Morgan fingerprint density at radius 2 is 1.92 bits per heavy atom. The lowest BCUT2D eigenvalue weighted by atomic mass is 9.66. The summed E-state index contributed by atoms with van der Waals surface area (Å²) in [5.74, 6) is 0.584. The summed E-state index contributed by atoms with van der Waals surface area (Å²) in [6, 6.07) is 8.16. The molecule has 1 aromatic rings. The Labute approximate surface area is 153 Å². The summed E-state index contributed by atoms with van der Waals surface area (Å²) in [7, 11) is 1.88. The third-order valence-corrected chi connectivity index (χ3v) is 5.68. The van der Waals surface area contributed by atoms with Gasteiger partial charge in [-0.3, -0.25) is 4.79 Å². The quantitative estimate of drug-likeness (QED) is 0.572. The molecule has 138 valence electrons. The zero-order chi connectivity index (χ0) is 18.1. The first-order valence-corrected chi connectivity index (χ1v) is 9.73. The summed E-state index contributed by atoms with van der Waals surface area (Å²) in [6.45, 7) is 7.96. The second kappa shape index (κ2) is 9.76. The van der Waals surface area contributed by atoms with Crippen LogP contribution in [0.25, 0.3) is 0 Å². The van der Waals surface area contributed by atoms with Gasteiger partial charge in [-0.1, -0.05) is 50.8 Å². The molecule has 0 bridgehead atoms. The molecule has 1 aliphatic carbocycles. The van der Waals surface area contributed by atoms with Crippen LogP contribution < -0.4 is 10.6 Å². The maximum absolute atomic E-state index is 12.1. The largest absolute Gasteiger partial charge is 0.351 e. The van der Waals surface area contributed by atoms with Crippen molar-refractivity contribution in [3.63, 3.8) is 0 Å². The van der Waals surface area contributed by atoms with E-state index in [1.807, 2.05) is 19.2 Å². The fourth-order valence-electron chi connectivity index (χ4n) is 4.05. The van der Waals surface area contributed by atoms with E-state index < -0.39 is 0 Å². The van der Waals surface area contributed by atoms with Crippen molar-refractivity contribution in [3.8, 4) is 0 Å². The van der Waals surface area contributed by atoms with Crippen molar-refractivity contribution in [3.05, 3.63) is 48.0 Å². The van der Waals surface area contributed by atoms with Crippen molar-refractivity contribution < 1.29 is 4.79 Å². The van der Waals surface area contributed by atoms with E-state index in [1.54, 1.807) is 0 Å². The number of carbonyl (C=O) groups excluding carboxylic acids is 1. The molecule has 2 N–H and O–H groups in total. The van der Waals surface area contributed by atoms with E-state index in [4.69, 9.17) is 0 Å². The molecular formula is C22H34N2O. The molecule has 2 atom stereocenters. The van der Waals surface area contributed by atoms with Crippen molar-refractivity contribution >= 4 is 5.91 Å². The van der Waals surface area contributed by atoms with Gasteiger partial charge in [-0.25, -0.2) is 0 Å². The van der Waals surface area contributed by atoms with Crippen molar-refractivity contribution in [2.24, 2.45) is 11.3 Å². The Kier molecular flexibility index (Phi) is 7.70. The van der Waals surface area contributed by atoms with E-state index in [0.717, 1.165) is 18.5 Å². The van der Waals surface area contributed by atoms with Gasteiger partial charge in [0.2, 0.25) is 0 Å². The summed E-state index contributed by atoms with van der Waals surface area (Å²) in [5, 5.41) is 5.95. The van der Waals surface area contributed by atoms with E-state index >= 15 is 0 Å². The van der Waals surface area contributed by atoms with Crippen LogP contribution in [-0.4, -0.2) is 26.0 Å². The van der Waals surface area contributed by atoms with Gasteiger partial charge in [0.15, 0.2) is 0 Å². The number of amides is 1. The average molecular weight is 343 g/mol. The van der Waals surface area contributed by atoms with E-state index in [9.17, 15) is 4.79 Å². The van der Waals surface area contributed by atoms with Crippen LogP contribution in [0, 0.1) is 11.3 Å². The van der Waals surface area contributed by atoms with Gasteiger partial charge in [-0.2, -0.15) is 0 Å². The number of rotatable bonds is 7. The van der Waals surface area contributed by atoms with Crippen molar-refractivity contribution in [1.29, 1.82) is 0 Å². The van der Waals surface area contributed by atoms with Crippen LogP contribution in [0.2, 0.25) is 0 Å². The molecule has 1 fully saturated rings. The predicted molar refractivity (Wildman–Crippen MR) is 106 cm³/mol. The molecule has 1 aliphatic rings. The van der Waals surface area contributed by atoms with E-state index in [2.05, 4.69) is 42.3 Å². The van der Waals surface area contributed by atoms with Gasteiger partial charge in [-0.05, 0) is 55.3 Å². The minimum absolute atomic E-state index is 0.00272. The van der Waals surface area contributed by atoms with Crippen LogP contribution >= 0.6 is 0 Å². The molecule has 3 nitrogen and oxygen atoms in total. The fourth-order valence-corrected chi connectivity index (χ4v) is 4.05. The first kappa shape index (κ1) is 19.7. The maximum atomic E-state index is 12.1. The molecule has 0 heterocycles. The second-order valence-corrected chi connectivity index (χ2v) is 7.68. The molecule has 1 saturated carbocycles. The zero-order valence-electron chi connectivity index (χ0n) is 15.9. The molecule has 0 spiro atoms. The van der Waals surface area contributed by atoms with Crippen LogP contribution in [0.5, 0.6) is 0 Å². The molecule has 0 saturated heterocycles. The van der Waals surface area contributed by atoms with E-state index in [-0.39, 0.29) is 11.3 Å². The summed E-state index contributed by atoms with van der Waals surface area (Å²) in [6.07, 6.45) is 11.1. The Morgan fingerprint density at radius 1 is 1.20 bits per heavy atom. The van der Waals surface area contributed by atoms with Crippen molar-refractivity contribution in [2.75, 3.05) is 20.1 Å². The predicted octanol–water partition coefficient (Wildman–Crippen LogP) is 4.34. The minimum Gasteiger partial charge on any atom is -0.351 e. The smallest absolute Gasteiger partial charge is 0.251 e. The molecule has 1 aromatic carbocycles. The van der Waals surface area contributed by atoms with Crippen LogP contribution in [-0.2, 0) is 6.42 Å². The highest BCUT2D eigenvalue weighted by Gasteiger charge is 2.32. The van der Waals surface area contributed by atoms with E-state index in [1.165, 1.54) is 44.1 Å². The van der Waals surface area contributed by atoms with Crippen molar-refractivity contribution in [2.45, 2.75) is 51.9 Å². The SMILES string of the molecule is C=CC1CCCCCCC1(C)Cc1ccc(C(=O)NCCNC)cc1. The van der Waals surface area contributed by atoms with Gasteiger partial charge >= 0.3 is 0 Å². The van der Waals surface area contributed by atoms with Gasteiger partial charge in [-0.15, -0.1) is 6.58 Å². The zero-order valence-corrected chi connectivity index (χ0v) is 15.9. The monoisotopic (exact) mass is 342 g/mol. The Bertz CT molecular complexity index is 552. The number of hydrogen-bond acceptors (Lipinski definition) is 2. The first-order chi connectivity index (χ1) is 12.1. The Hall–Kier alpha value is -1.61. The fraction of sp³-hybridized carbons (Fsp3) is 0.591. The molecule has 2 unspecified atom stereocenters. The third-order valence-electron chi connectivity index (χ3n) is 5.68. The lowest BCUT2D eigenvalue weighted by molar-refractivity contribution is 0.0954. The van der Waals surface area contributed by atoms with Crippen LogP contribution in [0.1, 0.15) is 61.4 Å². The minimum atomic E-state index is 0.00272. The molecule has 1 amide bonds. The molecule has 0 aliphatic heterocycles. The first-order valence-electron chi connectivity index (χ1n) is 9.73. The van der Waals surface area contributed by atoms with Crippen LogP contribution in [0.15, 0.2) is 36.9 Å². The van der Waals surface area contributed by atoms with Crippen molar-refractivity contribution in [1.82, 2.24) is 10.6 Å². The standard InChI is InChI=1S/C22H34N2O/c1-4-20-9-7-5-6-8-14-22(20,2)17-18-10-12-19(13-11-18)21(25)24-16-15-23-3/h4,10-13,20,23H,1,5-9,14-17H2,2-3H3,(H,24,25). The topological polar surface area (TPSA) is 41.1 Å². The Balaban J connectivity index is 2.02. The third kappa shape index (κ3) is 5.71. The highest BCUT2D eigenvalue weighted by Crippen LogP contribution is 2.42. The number of likely N-dealkylation sites (N-methyl/N-ethyl adjacent to an activating group) is 1. The summed E-state index contributed by atoms with van der Waals surface area (Å²) < 4.78 is 0. The van der Waals surface area contributed by atoms with Gasteiger partial charge in [0.05, 0.1) is 0 Å². The van der Waals surface area contributed by atoms with Gasteiger partial charge in [0.1, 0.15) is 0 Å².